The zero-order valence-electron chi connectivity index (χ0n) is 9.02. The van der Waals surface area contributed by atoms with Crippen LogP contribution in [-0.4, -0.2) is 21.4 Å². The van der Waals surface area contributed by atoms with Gasteiger partial charge in [-0.2, -0.15) is 0 Å². The molecule has 0 saturated heterocycles. The Morgan fingerprint density at radius 3 is 2.87 bits per heavy atom. The van der Waals surface area contributed by atoms with E-state index < -0.39 is 0 Å². The van der Waals surface area contributed by atoms with Gasteiger partial charge in [-0.05, 0) is 12.8 Å². The molecule has 0 radical (unpaired) electrons. The highest BCUT2D eigenvalue weighted by Crippen LogP contribution is 2.25. The maximum atomic E-state index is 12.1. The van der Waals surface area contributed by atoms with Crippen molar-refractivity contribution in [2.45, 2.75) is 31.7 Å². The van der Waals surface area contributed by atoms with Crippen LogP contribution in [0.25, 0.3) is 0 Å². The van der Waals surface area contributed by atoms with Crippen molar-refractivity contribution in [2.75, 3.05) is 0 Å². The molecule has 1 aliphatic rings. The molecule has 0 aromatic carbocycles. The summed E-state index contributed by atoms with van der Waals surface area (Å²) in [5.41, 5.74) is 5.98. The Hall–Kier alpha value is -1.16. The number of hydrogen-bond acceptors (Lipinski definition) is 3. The molecule has 1 heterocycles. The van der Waals surface area contributed by atoms with Crippen LogP contribution >= 0.6 is 0 Å². The molecule has 4 nitrogen and oxygen atoms in total. The largest absolute Gasteiger partial charge is 0.332 e. The van der Waals surface area contributed by atoms with Crippen molar-refractivity contribution in [1.82, 2.24) is 9.55 Å². The standard InChI is InChI=1S/C11H17N3O/c1-14-7-6-13-11(14)10(15)8-4-2-3-5-9(8)12/h6-9H,2-5,12H2,1H3. The van der Waals surface area contributed by atoms with Crippen molar-refractivity contribution in [3.05, 3.63) is 18.2 Å². The number of rotatable bonds is 2. The van der Waals surface area contributed by atoms with E-state index in [1.54, 1.807) is 17.0 Å². The number of ketones is 1. The molecule has 1 aromatic rings. The molecule has 2 unspecified atom stereocenters. The number of aromatic nitrogens is 2. The van der Waals surface area contributed by atoms with Crippen molar-refractivity contribution in [1.29, 1.82) is 0 Å². The first-order valence-corrected chi connectivity index (χ1v) is 5.47. The van der Waals surface area contributed by atoms with Crippen molar-refractivity contribution < 1.29 is 4.79 Å². The molecule has 1 saturated carbocycles. The summed E-state index contributed by atoms with van der Waals surface area (Å²) in [4.78, 5) is 16.2. The van der Waals surface area contributed by atoms with E-state index >= 15 is 0 Å². The van der Waals surface area contributed by atoms with Gasteiger partial charge in [-0.3, -0.25) is 4.79 Å². The van der Waals surface area contributed by atoms with E-state index in [0.717, 1.165) is 25.7 Å². The fourth-order valence-corrected chi connectivity index (χ4v) is 2.25. The second kappa shape index (κ2) is 4.14. The van der Waals surface area contributed by atoms with Crippen LogP contribution in [-0.2, 0) is 7.05 Å². The van der Waals surface area contributed by atoms with Gasteiger partial charge in [0.1, 0.15) is 0 Å². The smallest absolute Gasteiger partial charge is 0.202 e. The lowest BCUT2D eigenvalue weighted by molar-refractivity contribution is 0.0857. The maximum absolute atomic E-state index is 12.1. The first kappa shape index (κ1) is 10.4. The SMILES string of the molecule is Cn1ccnc1C(=O)C1CCCCC1N. The van der Waals surface area contributed by atoms with Gasteiger partial charge in [-0.15, -0.1) is 0 Å². The van der Waals surface area contributed by atoms with Crippen LogP contribution in [0.15, 0.2) is 12.4 Å². The fourth-order valence-electron chi connectivity index (χ4n) is 2.25. The summed E-state index contributed by atoms with van der Waals surface area (Å²) in [6.45, 7) is 0. The number of nitrogens with zero attached hydrogens (tertiary/aromatic N) is 2. The number of aryl methyl sites for hydroxylation is 1. The lowest BCUT2D eigenvalue weighted by Gasteiger charge is -2.26. The molecule has 82 valence electrons. The summed E-state index contributed by atoms with van der Waals surface area (Å²) < 4.78 is 1.77. The van der Waals surface area contributed by atoms with E-state index in [1.165, 1.54) is 0 Å². The van der Waals surface area contributed by atoms with Crippen molar-refractivity contribution in [2.24, 2.45) is 18.7 Å². The summed E-state index contributed by atoms with van der Waals surface area (Å²) in [6, 6.07) is 0.0166. The van der Waals surface area contributed by atoms with E-state index in [2.05, 4.69) is 4.98 Å². The summed E-state index contributed by atoms with van der Waals surface area (Å²) >= 11 is 0. The molecule has 1 aromatic heterocycles. The number of Topliss-reactive ketones (excluding diaryl/α,β-unsaturated/α-hetero) is 1. The Kier molecular flexibility index (Phi) is 2.86. The van der Waals surface area contributed by atoms with Crippen LogP contribution < -0.4 is 5.73 Å². The third kappa shape index (κ3) is 1.95. The number of nitrogens with two attached hydrogens (primary N) is 1. The Balaban J connectivity index is 2.17. The Morgan fingerprint density at radius 2 is 2.27 bits per heavy atom. The monoisotopic (exact) mass is 207 g/mol. The zero-order chi connectivity index (χ0) is 10.8. The van der Waals surface area contributed by atoms with Gasteiger partial charge in [0.25, 0.3) is 0 Å². The number of carbonyl (C=O) groups is 1. The van der Waals surface area contributed by atoms with Gasteiger partial charge in [-0.25, -0.2) is 4.98 Å². The van der Waals surface area contributed by atoms with Crippen molar-refractivity contribution >= 4 is 5.78 Å². The molecule has 0 amide bonds. The van der Waals surface area contributed by atoms with Gasteiger partial charge in [-0.1, -0.05) is 12.8 Å². The van der Waals surface area contributed by atoms with Crippen LogP contribution in [0.2, 0.25) is 0 Å². The van der Waals surface area contributed by atoms with Crippen molar-refractivity contribution in [3.63, 3.8) is 0 Å². The third-order valence-corrected chi connectivity index (χ3v) is 3.20. The fraction of sp³-hybridized carbons (Fsp3) is 0.636. The molecule has 1 aliphatic carbocycles. The Bertz CT molecular complexity index is 358. The lowest BCUT2D eigenvalue weighted by atomic mass is 9.82. The molecular formula is C11H17N3O. The molecule has 4 heteroatoms. The highest BCUT2D eigenvalue weighted by Gasteiger charge is 2.30. The Labute approximate surface area is 89.5 Å². The summed E-state index contributed by atoms with van der Waals surface area (Å²) in [5, 5.41) is 0. The average molecular weight is 207 g/mol. The third-order valence-electron chi connectivity index (χ3n) is 3.20. The molecule has 2 rings (SSSR count). The average Bonchev–Trinajstić information content (AvgIpc) is 2.64. The van der Waals surface area contributed by atoms with Crippen LogP contribution in [0.1, 0.15) is 36.3 Å². The molecule has 2 N–H and O–H groups in total. The van der Waals surface area contributed by atoms with Crippen LogP contribution in [0.3, 0.4) is 0 Å². The second-order valence-corrected chi connectivity index (χ2v) is 4.28. The van der Waals surface area contributed by atoms with Gasteiger partial charge < -0.3 is 10.3 Å². The van der Waals surface area contributed by atoms with Gasteiger partial charge in [0.05, 0.1) is 0 Å². The molecule has 0 spiro atoms. The predicted octanol–water partition coefficient (Wildman–Crippen LogP) is 1.12. The molecule has 15 heavy (non-hydrogen) atoms. The molecule has 0 aliphatic heterocycles. The second-order valence-electron chi connectivity index (χ2n) is 4.28. The van der Waals surface area contributed by atoms with Crippen LogP contribution in [0.4, 0.5) is 0 Å². The molecular weight excluding hydrogens is 190 g/mol. The van der Waals surface area contributed by atoms with Gasteiger partial charge in [0.15, 0.2) is 5.82 Å². The number of hydrogen-bond donors (Lipinski definition) is 1. The van der Waals surface area contributed by atoms with Crippen LogP contribution in [0, 0.1) is 5.92 Å². The van der Waals surface area contributed by atoms with Gasteiger partial charge in [0, 0.05) is 31.4 Å². The summed E-state index contributed by atoms with van der Waals surface area (Å²) in [6.07, 6.45) is 7.57. The minimum atomic E-state index is -0.0279. The molecule has 0 bridgehead atoms. The quantitative estimate of drug-likeness (QED) is 0.739. The topological polar surface area (TPSA) is 60.9 Å². The van der Waals surface area contributed by atoms with Gasteiger partial charge in [0.2, 0.25) is 5.78 Å². The van der Waals surface area contributed by atoms with E-state index in [4.69, 9.17) is 5.73 Å². The van der Waals surface area contributed by atoms with Gasteiger partial charge >= 0.3 is 0 Å². The highest BCUT2D eigenvalue weighted by molar-refractivity contribution is 5.95. The first-order valence-electron chi connectivity index (χ1n) is 5.47. The minimum Gasteiger partial charge on any atom is -0.332 e. The summed E-state index contributed by atoms with van der Waals surface area (Å²) in [5.74, 6) is 0.617. The number of imidazole rings is 1. The zero-order valence-corrected chi connectivity index (χ0v) is 9.02. The Morgan fingerprint density at radius 1 is 1.53 bits per heavy atom. The maximum Gasteiger partial charge on any atom is 0.202 e. The normalized spacial score (nSPS) is 26.5. The van der Waals surface area contributed by atoms with E-state index in [1.807, 2.05) is 7.05 Å². The number of carbonyl (C=O) groups excluding carboxylic acids is 1. The minimum absolute atomic E-state index is 0.0166. The van der Waals surface area contributed by atoms with Crippen molar-refractivity contribution in [3.8, 4) is 0 Å². The van der Waals surface area contributed by atoms with E-state index in [0.29, 0.717) is 5.82 Å². The predicted molar refractivity (Wildman–Crippen MR) is 57.5 cm³/mol. The highest BCUT2D eigenvalue weighted by atomic mass is 16.1. The first-order chi connectivity index (χ1) is 7.20. The molecule has 2 atom stereocenters. The summed E-state index contributed by atoms with van der Waals surface area (Å²) in [7, 11) is 1.84. The van der Waals surface area contributed by atoms with E-state index in [-0.39, 0.29) is 17.7 Å². The van der Waals surface area contributed by atoms with Crippen LogP contribution in [0.5, 0.6) is 0 Å². The lowest BCUT2D eigenvalue weighted by Crippen LogP contribution is -2.38. The van der Waals surface area contributed by atoms with E-state index in [9.17, 15) is 4.79 Å². The molecule has 1 fully saturated rings.